The van der Waals surface area contributed by atoms with Crippen LogP contribution in [-0.4, -0.2) is 51.9 Å². The molecule has 1 aliphatic rings. The molecular formula is C27H26N4OS. The maximum Gasteiger partial charge on any atom is 0.265 e. The van der Waals surface area contributed by atoms with E-state index in [1.165, 1.54) is 22.5 Å². The van der Waals surface area contributed by atoms with Gasteiger partial charge in [-0.25, -0.2) is 4.98 Å². The zero-order valence-corrected chi connectivity index (χ0v) is 19.4. The van der Waals surface area contributed by atoms with Crippen LogP contribution in [0.15, 0.2) is 85.2 Å². The molecule has 0 bridgehead atoms. The number of hydrogen-bond donors (Lipinski definition) is 0. The van der Waals surface area contributed by atoms with E-state index in [9.17, 15) is 4.79 Å². The van der Waals surface area contributed by atoms with Crippen molar-refractivity contribution in [1.82, 2.24) is 19.8 Å². The van der Waals surface area contributed by atoms with Crippen LogP contribution in [0.4, 0.5) is 0 Å². The lowest BCUT2D eigenvalue weighted by molar-refractivity contribution is 0.0601. The highest BCUT2D eigenvalue weighted by molar-refractivity contribution is 7.17. The Kier molecular flexibility index (Phi) is 6.28. The number of rotatable bonds is 5. The third-order valence-electron chi connectivity index (χ3n) is 6.10. The summed E-state index contributed by atoms with van der Waals surface area (Å²) in [5, 5.41) is 0.843. The molecule has 0 unspecified atom stereocenters. The van der Waals surface area contributed by atoms with Crippen LogP contribution in [0.5, 0.6) is 0 Å². The van der Waals surface area contributed by atoms with Gasteiger partial charge in [0, 0.05) is 44.1 Å². The zero-order chi connectivity index (χ0) is 22.6. The van der Waals surface area contributed by atoms with E-state index >= 15 is 0 Å². The Hall–Kier alpha value is -3.35. The lowest BCUT2D eigenvalue weighted by Gasteiger charge is -2.39. The maximum absolute atomic E-state index is 13.3. The van der Waals surface area contributed by atoms with E-state index in [2.05, 4.69) is 75.5 Å². The lowest BCUT2D eigenvalue weighted by Crippen LogP contribution is -2.49. The summed E-state index contributed by atoms with van der Waals surface area (Å²) in [6.07, 6.45) is 3.53. The fourth-order valence-electron chi connectivity index (χ4n) is 4.42. The minimum Gasteiger partial charge on any atom is -0.335 e. The van der Waals surface area contributed by atoms with Crippen LogP contribution in [0.25, 0.3) is 10.6 Å². The second-order valence-electron chi connectivity index (χ2n) is 8.23. The van der Waals surface area contributed by atoms with Gasteiger partial charge in [-0.2, -0.15) is 0 Å². The molecule has 1 aliphatic heterocycles. The van der Waals surface area contributed by atoms with Gasteiger partial charge in [-0.05, 0) is 30.2 Å². The molecule has 0 radical (unpaired) electrons. The van der Waals surface area contributed by atoms with Gasteiger partial charge in [0.25, 0.3) is 5.91 Å². The molecule has 33 heavy (non-hydrogen) atoms. The molecule has 2 aromatic carbocycles. The highest BCUT2D eigenvalue weighted by Crippen LogP contribution is 2.31. The van der Waals surface area contributed by atoms with Crippen molar-refractivity contribution in [2.75, 3.05) is 26.2 Å². The number of aryl methyl sites for hydroxylation is 1. The van der Waals surface area contributed by atoms with Gasteiger partial charge >= 0.3 is 0 Å². The van der Waals surface area contributed by atoms with Crippen molar-refractivity contribution < 1.29 is 4.79 Å². The third-order valence-corrected chi connectivity index (χ3v) is 7.29. The summed E-state index contributed by atoms with van der Waals surface area (Å²) in [5.74, 6) is 0.0794. The van der Waals surface area contributed by atoms with Crippen molar-refractivity contribution in [1.29, 1.82) is 0 Å². The van der Waals surface area contributed by atoms with Gasteiger partial charge < -0.3 is 4.90 Å². The van der Waals surface area contributed by atoms with Crippen LogP contribution in [0.2, 0.25) is 0 Å². The number of hydrogen-bond acceptors (Lipinski definition) is 5. The van der Waals surface area contributed by atoms with E-state index in [0.717, 1.165) is 34.2 Å². The summed E-state index contributed by atoms with van der Waals surface area (Å²) in [7, 11) is 0. The van der Waals surface area contributed by atoms with Crippen molar-refractivity contribution in [2.24, 2.45) is 0 Å². The van der Waals surface area contributed by atoms with Crippen molar-refractivity contribution in [3.8, 4) is 10.6 Å². The summed E-state index contributed by atoms with van der Waals surface area (Å²) in [4.78, 5) is 27.3. The summed E-state index contributed by atoms with van der Waals surface area (Å²) >= 11 is 1.46. The number of carbonyl (C=O) groups excluding carboxylic acids is 1. The van der Waals surface area contributed by atoms with Gasteiger partial charge in [-0.15, -0.1) is 11.3 Å². The Morgan fingerprint density at radius 2 is 1.52 bits per heavy atom. The Morgan fingerprint density at radius 3 is 2.09 bits per heavy atom. The molecule has 5 rings (SSSR count). The first-order chi connectivity index (χ1) is 16.2. The molecule has 1 saturated heterocycles. The quantitative estimate of drug-likeness (QED) is 0.423. The van der Waals surface area contributed by atoms with E-state index in [4.69, 9.17) is 0 Å². The zero-order valence-electron chi connectivity index (χ0n) is 18.6. The lowest BCUT2D eigenvalue weighted by atomic mass is 9.96. The Morgan fingerprint density at radius 1 is 0.879 bits per heavy atom. The normalized spacial score (nSPS) is 14.5. The van der Waals surface area contributed by atoms with E-state index in [1.807, 2.05) is 24.0 Å². The number of nitrogens with zero attached hydrogens (tertiary/aromatic N) is 4. The molecule has 1 fully saturated rings. The molecule has 0 atom stereocenters. The monoisotopic (exact) mass is 454 g/mol. The predicted octanol–water partition coefficient (Wildman–Crippen LogP) is 5.06. The van der Waals surface area contributed by atoms with Crippen LogP contribution in [0.1, 0.15) is 32.5 Å². The topological polar surface area (TPSA) is 49.3 Å². The largest absolute Gasteiger partial charge is 0.335 e. The molecule has 1 amide bonds. The fraction of sp³-hybridized carbons (Fsp3) is 0.222. The number of carbonyl (C=O) groups is 1. The number of thiazole rings is 1. The summed E-state index contributed by atoms with van der Waals surface area (Å²) in [6, 6.07) is 25.3. The van der Waals surface area contributed by atoms with Crippen LogP contribution in [-0.2, 0) is 0 Å². The number of amides is 1. The van der Waals surface area contributed by atoms with Gasteiger partial charge in [0.2, 0.25) is 0 Å². The molecule has 0 N–H and O–H groups in total. The van der Waals surface area contributed by atoms with E-state index in [1.54, 1.807) is 12.4 Å². The number of pyridine rings is 1. The predicted molar refractivity (Wildman–Crippen MR) is 132 cm³/mol. The average molecular weight is 455 g/mol. The molecule has 4 aromatic rings. The number of benzene rings is 2. The second-order valence-corrected chi connectivity index (χ2v) is 9.23. The minimum atomic E-state index is 0.0794. The number of aromatic nitrogens is 2. The summed E-state index contributed by atoms with van der Waals surface area (Å²) in [6.45, 7) is 4.98. The van der Waals surface area contributed by atoms with Crippen molar-refractivity contribution in [3.05, 3.63) is 107 Å². The molecule has 0 saturated carbocycles. The van der Waals surface area contributed by atoms with Crippen molar-refractivity contribution in [3.63, 3.8) is 0 Å². The van der Waals surface area contributed by atoms with E-state index < -0.39 is 0 Å². The van der Waals surface area contributed by atoms with Gasteiger partial charge in [-0.1, -0.05) is 60.7 Å². The van der Waals surface area contributed by atoms with Crippen molar-refractivity contribution >= 4 is 17.2 Å². The minimum absolute atomic E-state index is 0.0794. The molecule has 5 nitrogen and oxygen atoms in total. The van der Waals surface area contributed by atoms with Crippen LogP contribution in [0, 0.1) is 6.92 Å². The van der Waals surface area contributed by atoms with Crippen LogP contribution in [0.3, 0.4) is 0 Å². The summed E-state index contributed by atoms with van der Waals surface area (Å²) < 4.78 is 0. The smallest absolute Gasteiger partial charge is 0.265 e. The van der Waals surface area contributed by atoms with Gasteiger partial charge in [0.1, 0.15) is 9.88 Å². The second kappa shape index (κ2) is 9.65. The van der Waals surface area contributed by atoms with Crippen LogP contribution < -0.4 is 0 Å². The third kappa shape index (κ3) is 4.58. The first-order valence-corrected chi connectivity index (χ1v) is 12.0. The van der Waals surface area contributed by atoms with Crippen LogP contribution >= 0.6 is 11.3 Å². The standard InChI is InChI=1S/C27H26N4OS/c1-20-25(33-26(29-20)23-13-8-14-28-19-23)27(32)31-17-15-30(16-18-31)24(21-9-4-2-5-10-21)22-11-6-3-7-12-22/h2-14,19,24H,15-18H2,1H3. The van der Waals surface area contributed by atoms with Crippen molar-refractivity contribution in [2.45, 2.75) is 13.0 Å². The Labute approximate surface area is 198 Å². The summed E-state index contributed by atoms with van der Waals surface area (Å²) in [5.41, 5.74) is 4.30. The average Bonchev–Trinajstić information content (AvgIpc) is 3.28. The van der Waals surface area contributed by atoms with E-state index in [0.29, 0.717) is 13.1 Å². The molecule has 0 aliphatic carbocycles. The van der Waals surface area contributed by atoms with Gasteiger partial charge in [-0.3, -0.25) is 14.7 Å². The molecular weight excluding hydrogens is 428 g/mol. The number of piperazine rings is 1. The van der Waals surface area contributed by atoms with Gasteiger partial charge in [0.05, 0.1) is 11.7 Å². The Bertz CT molecular complexity index is 1160. The molecule has 6 heteroatoms. The SMILES string of the molecule is Cc1nc(-c2cccnc2)sc1C(=O)N1CCN(C(c2ccccc2)c2ccccc2)CC1. The molecule has 166 valence electrons. The Balaban J connectivity index is 1.32. The first kappa shape index (κ1) is 21.5. The highest BCUT2D eigenvalue weighted by Gasteiger charge is 2.30. The molecule has 0 spiro atoms. The highest BCUT2D eigenvalue weighted by atomic mass is 32.1. The van der Waals surface area contributed by atoms with Gasteiger partial charge in [0.15, 0.2) is 0 Å². The first-order valence-electron chi connectivity index (χ1n) is 11.2. The van der Waals surface area contributed by atoms with E-state index in [-0.39, 0.29) is 11.9 Å². The fourth-order valence-corrected chi connectivity index (χ4v) is 5.44. The maximum atomic E-state index is 13.3. The molecule has 2 aromatic heterocycles. The molecule has 3 heterocycles.